The van der Waals surface area contributed by atoms with Crippen LogP contribution in [0.15, 0.2) is 23.1 Å². The topological polar surface area (TPSA) is 75.7 Å². The molecule has 0 radical (unpaired) electrons. The molecule has 0 spiro atoms. The van der Waals surface area contributed by atoms with Crippen LogP contribution in [-0.2, 0) is 14.8 Å². The number of nitrogens with one attached hydrogen (secondary N) is 1. The average molecular weight is 411 g/mol. The number of hydrogen-bond acceptors (Lipinski definition) is 4. The summed E-state index contributed by atoms with van der Waals surface area (Å²) < 4.78 is 33.4. The SMILES string of the molecule is CCCCCNC(=O)[C@@H]1CCCN(S(=O)(=O)c2cc(C(C)C)ccc2OC)C1. The molecule has 158 valence electrons. The first-order valence-electron chi connectivity index (χ1n) is 10.3. The highest BCUT2D eigenvalue weighted by Crippen LogP contribution is 2.32. The lowest BCUT2D eigenvalue weighted by Crippen LogP contribution is -2.45. The van der Waals surface area contributed by atoms with Gasteiger partial charge < -0.3 is 10.1 Å². The van der Waals surface area contributed by atoms with Gasteiger partial charge in [-0.2, -0.15) is 4.31 Å². The van der Waals surface area contributed by atoms with Crippen LogP contribution in [-0.4, -0.2) is 45.4 Å². The summed E-state index contributed by atoms with van der Waals surface area (Å²) in [6.07, 6.45) is 4.53. The summed E-state index contributed by atoms with van der Waals surface area (Å²) in [5.41, 5.74) is 0.946. The largest absolute Gasteiger partial charge is 0.495 e. The Morgan fingerprint density at radius 1 is 1.32 bits per heavy atom. The second-order valence-corrected chi connectivity index (χ2v) is 9.67. The highest BCUT2D eigenvalue weighted by molar-refractivity contribution is 7.89. The van der Waals surface area contributed by atoms with Gasteiger partial charge in [0, 0.05) is 19.6 Å². The number of methoxy groups -OCH3 is 1. The molecule has 0 unspecified atom stereocenters. The van der Waals surface area contributed by atoms with E-state index in [4.69, 9.17) is 4.74 Å². The molecular formula is C21H34N2O4S. The molecular weight excluding hydrogens is 376 g/mol. The maximum Gasteiger partial charge on any atom is 0.246 e. The fourth-order valence-corrected chi connectivity index (χ4v) is 5.21. The number of sulfonamides is 1. The van der Waals surface area contributed by atoms with E-state index in [0.29, 0.717) is 25.3 Å². The number of carbonyl (C=O) groups excluding carboxylic acids is 1. The number of carbonyl (C=O) groups is 1. The Bertz CT molecular complexity index is 762. The predicted octanol–water partition coefficient (Wildman–Crippen LogP) is 3.53. The zero-order valence-electron chi connectivity index (χ0n) is 17.5. The minimum absolute atomic E-state index is 0.0427. The van der Waals surface area contributed by atoms with Crippen molar-refractivity contribution in [2.45, 2.75) is 63.7 Å². The molecule has 1 aliphatic heterocycles. The van der Waals surface area contributed by atoms with Gasteiger partial charge in [-0.05, 0) is 42.9 Å². The normalized spacial score (nSPS) is 18.2. The van der Waals surface area contributed by atoms with E-state index in [-0.39, 0.29) is 29.2 Å². The van der Waals surface area contributed by atoms with E-state index in [1.165, 1.54) is 11.4 Å². The molecule has 1 aromatic rings. The monoisotopic (exact) mass is 410 g/mol. The van der Waals surface area contributed by atoms with Gasteiger partial charge in [-0.3, -0.25) is 4.79 Å². The van der Waals surface area contributed by atoms with Gasteiger partial charge in [0.1, 0.15) is 10.6 Å². The second kappa shape index (κ2) is 10.3. The van der Waals surface area contributed by atoms with Crippen LogP contribution in [0.2, 0.25) is 0 Å². The van der Waals surface area contributed by atoms with Gasteiger partial charge in [0.05, 0.1) is 13.0 Å². The van der Waals surface area contributed by atoms with E-state index >= 15 is 0 Å². The van der Waals surface area contributed by atoms with Crippen molar-refractivity contribution in [3.05, 3.63) is 23.8 Å². The van der Waals surface area contributed by atoms with Crippen molar-refractivity contribution in [1.29, 1.82) is 0 Å². The number of nitrogens with zero attached hydrogens (tertiary/aromatic N) is 1. The first kappa shape index (κ1) is 22.7. The number of piperidine rings is 1. The van der Waals surface area contributed by atoms with Crippen molar-refractivity contribution in [3.8, 4) is 5.75 Å². The summed E-state index contributed by atoms with van der Waals surface area (Å²) in [6.45, 7) is 7.47. The van der Waals surface area contributed by atoms with Gasteiger partial charge in [0.25, 0.3) is 0 Å². The molecule has 1 N–H and O–H groups in total. The first-order valence-corrected chi connectivity index (χ1v) is 11.7. The second-order valence-electron chi connectivity index (χ2n) is 7.77. The quantitative estimate of drug-likeness (QED) is 0.632. The van der Waals surface area contributed by atoms with Crippen LogP contribution < -0.4 is 10.1 Å². The molecule has 1 saturated heterocycles. The molecule has 0 bridgehead atoms. The van der Waals surface area contributed by atoms with Crippen molar-refractivity contribution in [2.24, 2.45) is 5.92 Å². The Morgan fingerprint density at radius 2 is 2.07 bits per heavy atom. The summed E-state index contributed by atoms with van der Waals surface area (Å²) in [5, 5.41) is 2.96. The highest BCUT2D eigenvalue weighted by Gasteiger charge is 2.35. The molecule has 6 nitrogen and oxygen atoms in total. The molecule has 1 fully saturated rings. The maximum atomic E-state index is 13.3. The molecule has 28 heavy (non-hydrogen) atoms. The van der Waals surface area contributed by atoms with Crippen LogP contribution in [0, 0.1) is 5.92 Å². The van der Waals surface area contributed by atoms with Crippen molar-refractivity contribution >= 4 is 15.9 Å². The van der Waals surface area contributed by atoms with E-state index in [1.807, 2.05) is 19.9 Å². The third-order valence-corrected chi connectivity index (χ3v) is 7.19. The zero-order valence-corrected chi connectivity index (χ0v) is 18.3. The summed E-state index contributed by atoms with van der Waals surface area (Å²) in [7, 11) is -2.25. The Kier molecular flexibility index (Phi) is 8.31. The van der Waals surface area contributed by atoms with Gasteiger partial charge >= 0.3 is 0 Å². The molecule has 0 aliphatic carbocycles. The molecule has 1 amide bonds. The smallest absolute Gasteiger partial charge is 0.246 e. The zero-order chi connectivity index (χ0) is 20.7. The highest BCUT2D eigenvalue weighted by atomic mass is 32.2. The average Bonchev–Trinajstić information content (AvgIpc) is 2.70. The third kappa shape index (κ3) is 5.47. The van der Waals surface area contributed by atoms with E-state index in [2.05, 4.69) is 12.2 Å². The van der Waals surface area contributed by atoms with Gasteiger partial charge in [0.15, 0.2) is 0 Å². The van der Waals surface area contributed by atoms with E-state index in [9.17, 15) is 13.2 Å². The Morgan fingerprint density at radius 3 is 2.71 bits per heavy atom. The van der Waals surface area contributed by atoms with Gasteiger partial charge in [-0.1, -0.05) is 39.7 Å². The number of hydrogen-bond donors (Lipinski definition) is 1. The first-order chi connectivity index (χ1) is 13.3. The molecule has 1 heterocycles. The number of benzene rings is 1. The van der Waals surface area contributed by atoms with Crippen LogP contribution in [0.25, 0.3) is 0 Å². The summed E-state index contributed by atoms with van der Waals surface area (Å²) in [5.74, 6) is 0.210. The van der Waals surface area contributed by atoms with Crippen LogP contribution in [0.5, 0.6) is 5.75 Å². The van der Waals surface area contributed by atoms with Crippen LogP contribution >= 0.6 is 0 Å². The summed E-state index contributed by atoms with van der Waals surface area (Å²) in [4.78, 5) is 12.7. The van der Waals surface area contributed by atoms with Crippen molar-refractivity contribution in [2.75, 3.05) is 26.7 Å². The van der Waals surface area contributed by atoms with Crippen molar-refractivity contribution in [3.63, 3.8) is 0 Å². The Labute approximate surface area is 169 Å². The maximum absolute atomic E-state index is 13.3. The van der Waals surface area contributed by atoms with Crippen LogP contribution in [0.4, 0.5) is 0 Å². The van der Waals surface area contributed by atoms with E-state index < -0.39 is 10.0 Å². The lowest BCUT2D eigenvalue weighted by atomic mass is 9.99. The molecule has 1 aliphatic rings. The number of rotatable bonds is 9. The number of unbranched alkanes of at least 4 members (excludes halogenated alkanes) is 2. The summed E-state index contributed by atoms with van der Waals surface area (Å²) in [6, 6.07) is 5.31. The van der Waals surface area contributed by atoms with Crippen molar-refractivity contribution in [1.82, 2.24) is 9.62 Å². The summed E-state index contributed by atoms with van der Waals surface area (Å²) >= 11 is 0. The van der Waals surface area contributed by atoms with E-state index in [1.54, 1.807) is 12.1 Å². The predicted molar refractivity (Wildman–Crippen MR) is 111 cm³/mol. The molecule has 7 heteroatoms. The molecule has 0 aromatic heterocycles. The Hall–Kier alpha value is -1.60. The van der Waals surface area contributed by atoms with Crippen LogP contribution in [0.1, 0.15) is 64.4 Å². The standard InChI is InChI=1S/C21H34N2O4S/c1-5-6-7-12-22-21(24)18-9-8-13-23(15-18)28(25,26)20-14-17(16(2)3)10-11-19(20)27-4/h10-11,14,16,18H,5-9,12-13,15H2,1-4H3,(H,22,24)/t18-/m1/s1. The molecule has 1 atom stereocenters. The van der Waals surface area contributed by atoms with Crippen molar-refractivity contribution < 1.29 is 17.9 Å². The Balaban J connectivity index is 2.17. The number of amides is 1. The minimum Gasteiger partial charge on any atom is -0.495 e. The van der Waals surface area contributed by atoms with Gasteiger partial charge in [-0.15, -0.1) is 0 Å². The van der Waals surface area contributed by atoms with Crippen LogP contribution in [0.3, 0.4) is 0 Å². The van der Waals surface area contributed by atoms with E-state index in [0.717, 1.165) is 31.2 Å². The fourth-order valence-electron chi connectivity index (χ4n) is 3.50. The molecule has 0 saturated carbocycles. The fraction of sp³-hybridized carbons (Fsp3) is 0.667. The van der Waals surface area contributed by atoms with Gasteiger partial charge in [-0.25, -0.2) is 8.42 Å². The molecule has 1 aromatic carbocycles. The van der Waals surface area contributed by atoms with Gasteiger partial charge in [0.2, 0.25) is 15.9 Å². The third-order valence-electron chi connectivity index (χ3n) is 5.31. The molecule has 2 rings (SSSR count). The number of ether oxygens (including phenoxy) is 1. The minimum atomic E-state index is -3.73. The lowest BCUT2D eigenvalue weighted by molar-refractivity contribution is -0.126. The lowest BCUT2D eigenvalue weighted by Gasteiger charge is -2.31.